The molecule has 0 unspecified atom stereocenters. The normalized spacial score (nSPS) is 16.0. The summed E-state index contributed by atoms with van der Waals surface area (Å²) in [4.78, 5) is 11.1. The first-order valence-electron chi connectivity index (χ1n) is 7.81. The first-order chi connectivity index (χ1) is 11.9. The zero-order chi connectivity index (χ0) is 18.1. The van der Waals surface area contributed by atoms with Crippen LogP contribution in [-0.4, -0.2) is 28.8 Å². The number of amides is 1. The summed E-state index contributed by atoms with van der Waals surface area (Å²) >= 11 is 6.18. The minimum atomic E-state index is -0.808. The van der Waals surface area contributed by atoms with Gasteiger partial charge in [-0.2, -0.15) is 0 Å². The molecular weight excluding hydrogens is 349 g/mol. The van der Waals surface area contributed by atoms with E-state index in [0.717, 1.165) is 6.07 Å². The Morgan fingerprint density at radius 3 is 2.88 bits per heavy atom. The maximum atomic E-state index is 14.2. The zero-order valence-electron chi connectivity index (χ0n) is 13.5. The quantitative estimate of drug-likeness (QED) is 0.779. The van der Waals surface area contributed by atoms with Crippen molar-refractivity contribution in [3.8, 4) is 28.4 Å². The Bertz CT molecular complexity index is 820. The van der Waals surface area contributed by atoms with Crippen molar-refractivity contribution in [3.63, 3.8) is 0 Å². The minimum Gasteiger partial charge on any atom is -0.507 e. The van der Waals surface area contributed by atoms with E-state index in [0.29, 0.717) is 24.9 Å². The molecule has 1 aliphatic heterocycles. The van der Waals surface area contributed by atoms with E-state index in [-0.39, 0.29) is 39.7 Å². The fraction of sp³-hybridized carbons (Fsp3) is 0.278. The minimum absolute atomic E-state index is 0.118. The molecular formula is C18H17ClFNO4. The second-order valence-corrected chi connectivity index (χ2v) is 6.32. The Morgan fingerprint density at radius 1 is 1.44 bits per heavy atom. The summed E-state index contributed by atoms with van der Waals surface area (Å²) in [7, 11) is 0. The number of halogens is 2. The summed E-state index contributed by atoms with van der Waals surface area (Å²) in [5.41, 5.74) is 0.828. The zero-order valence-corrected chi connectivity index (χ0v) is 14.2. The van der Waals surface area contributed by atoms with Gasteiger partial charge >= 0.3 is 0 Å². The Hall–Kier alpha value is -2.47. The number of ether oxygens (including phenoxy) is 1. The highest BCUT2D eigenvalue weighted by Gasteiger charge is 2.29. The van der Waals surface area contributed by atoms with Crippen LogP contribution in [0.4, 0.5) is 4.39 Å². The van der Waals surface area contributed by atoms with Crippen molar-refractivity contribution in [1.82, 2.24) is 5.32 Å². The molecule has 2 aromatic rings. The number of hydrogen-bond acceptors (Lipinski definition) is 4. The summed E-state index contributed by atoms with van der Waals surface area (Å²) in [5, 5.41) is 23.1. The molecule has 3 rings (SSSR count). The lowest BCUT2D eigenvalue weighted by atomic mass is 9.94. The third-order valence-corrected chi connectivity index (χ3v) is 4.46. The number of carbonyl (C=O) groups excluding carboxylic acids is 1. The van der Waals surface area contributed by atoms with Crippen molar-refractivity contribution in [2.45, 2.75) is 25.9 Å². The predicted molar refractivity (Wildman–Crippen MR) is 91.6 cm³/mol. The molecule has 0 spiro atoms. The topological polar surface area (TPSA) is 78.8 Å². The highest BCUT2D eigenvalue weighted by molar-refractivity contribution is 6.33. The summed E-state index contributed by atoms with van der Waals surface area (Å²) < 4.78 is 20.1. The third-order valence-electron chi connectivity index (χ3n) is 4.14. The van der Waals surface area contributed by atoms with Gasteiger partial charge < -0.3 is 20.3 Å². The molecule has 0 aromatic heterocycles. The lowest BCUT2D eigenvalue weighted by molar-refractivity contribution is -0.119. The number of phenols is 2. The highest BCUT2D eigenvalue weighted by atomic mass is 35.5. The summed E-state index contributed by atoms with van der Waals surface area (Å²) in [6, 6.07) is 5.68. The van der Waals surface area contributed by atoms with Crippen molar-refractivity contribution in [2.75, 3.05) is 6.54 Å². The van der Waals surface area contributed by atoms with Crippen LogP contribution >= 0.6 is 11.6 Å². The second-order valence-electron chi connectivity index (χ2n) is 5.91. The van der Waals surface area contributed by atoms with Crippen LogP contribution in [0.5, 0.6) is 17.2 Å². The van der Waals surface area contributed by atoms with Gasteiger partial charge in [-0.3, -0.25) is 4.79 Å². The monoisotopic (exact) mass is 365 g/mol. The number of benzene rings is 2. The smallest absolute Gasteiger partial charge is 0.217 e. The molecule has 7 heteroatoms. The number of fused-ring (bicyclic) bond motifs is 1. The summed E-state index contributed by atoms with van der Waals surface area (Å²) in [6.45, 7) is 1.70. The lowest BCUT2D eigenvalue weighted by Gasteiger charge is -2.29. The highest BCUT2D eigenvalue weighted by Crippen LogP contribution is 2.47. The molecule has 0 saturated heterocycles. The van der Waals surface area contributed by atoms with E-state index < -0.39 is 11.6 Å². The van der Waals surface area contributed by atoms with E-state index in [1.54, 1.807) is 12.1 Å². The van der Waals surface area contributed by atoms with Gasteiger partial charge in [-0.25, -0.2) is 4.39 Å². The second kappa shape index (κ2) is 6.80. The van der Waals surface area contributed by atoms with Gasteiger partial charge in [0.25, 0.3) is 0 Å². The maximum Gasteiger partial charge on any atom is 0.217 e. The van der Waals surface area contributed by atoms with Crippen LogP contribution in [0.25, 0.3) is 11.1 Å². The van der Waals surface area contributed by atoms with Gasteiger partial charge in [-0.05, 0) is 31.0 Å². The predicted octanol–water partition coefficient (Wildman–Crippen LogP) is 3.39. The molecule has 3 N–H and O–H groups in total. The van der Waals surface area contributed by atoms with Crippen LogP contribution in [0.3, 0.4) is 0 Å². The van der Waals surface area contributed by atoms with E-state index >= 15 is 0 Å². The molecule has 0 aliphatic carbocycles. The average molecular weight is 366 g/mol. The fourth-order valence-corrected chi connectivity index (χ4v) is 3.21. The molecule has 1 aliphatic rings. The van der Waals surface area contributed by atoms with E-state index in [9.17, 15) is 19.4 Å². The van der Waals surface area contributed by atoms with Crippen LogP contribution < -0.4 is 10.1 Å². The van der Waals surface area contributed by atoms with Crippen molar-refractivity contribution in [3.05, 3.63) is 40.7 Å². The first-order valence-corrected chi connectivity index (χ1v) is 8.19. The molecule has 0 saturated carbocycles. The van der Waals surface area contributed by atoms with Crippen LogP contribution in [0.1, 0.15) is 18.9 Å². The largest absolute Gasteiger partial charge is 0.507 e. The lowest BCUT2D eigenvalue weighted by Crippen LogP contribution is -2.36. The Kier molecular flexibility index (Phi) is 4.72. The average Bonchev–Trinajstić information content (AvgIpc) is 2.57. The van der Waals surface area contributed by atoms with Gasteiger partial charge in [0, 0.05) is 23.6 Å². The third kappa shape index (κ3) is 3.35. The Morgan fingerprint density at radius 2 is 2.20 bits per heavy atom. The number of nitrogens with one attached hydrogen (secondary N) is 1. The van der Waals surface area contributed by atoms with E-state index in [1.165, 1.54) is 13.0 Å². The molecule has 1 amide bonds. The van der Waals surface area contributed by atoms with E-state index in [4.69, 9.17) is 16.3 Å². The van der Waals surface area contributed by atoms with Gasteiger partial charge in [0.05, 0.1) is 11.6 Å². The van der Waals surface area contributed by atoms with Crippen LogP contribution in [0.2, 0.25) is 5.02 Å². The molecule has 132 valence electrons. The van der Waals surface area contributed by atoms with Crippen LogP contribution in [0.15, 0.2) is 24.3 Å². The van der Waals surface area contributed by atoms with Crippen molar-refractivity contribution >= 4 is 17.5 Å². The van der Waals surface area contributed by atoms with Crippen molar-refractivity contribution in [1.29, 1.82) is 0 Å². The van der Waals surface area contributed by atoms with E-state index in [2.05, 4.69) is 5.32 Å². The Labute approximate surface area is 149 Å². The van der Waals surface area contributed by atoms with Crippen LogP contribution in [-0.2, 0) is 11.2 Å². The number of carbonyl (C=O) groups is 1. The number of phenolic OH excluding ortho intramolecular Hbond substituents is 2. The van der Waals surface area contributed by atoms with Gasteiger partial charge in [0.1, 0.15) is 17.6 Å². The molecule has 1 atom stereocenters. The van der Waals surface area contributed by atoms with Gasteiger partial charge in [0.2, 0.25) is 5.91 Å². The fourth-order valence-electron chi connectivity index (χ4n) is 2.94. The number of aromatic hydroxyl groups is 2. The SMILES string of the molecule is CC(=O)NC[C@H]1CCc2c(O)c(F)cc(-c3c(O)cccc3Cl)c2O1. The van der Waals surface area contributed by atoms with Crippen molar-refractivity contribution < 1.29 is 24.1 Å². The molecule has 5 nitrogen and oxygen atoms in total. The molecule has 0 bridgehead atoms. The molecule has 25 heavy (non-hydrogen) atoms. The van der Waals surface area contributed by atoms with Gasteiger partial charge in [0.15, 0.2) is 11.6 Å². The summed E-state index contributed by atoms with van der Waals surface area (Å²) in [6.07, 6.45) is 0.559. The van der Waals surface area contributed by atoms with Gasteiger partial charge in [-0.15, -0.1) is 0 Å². The first kappa shape index (κ1) is 17.4. The standard InChI is InChI=1S/C18H17ClFNO4/c1-9(22)21-8-10-5-6-11-17(24)14(20)7-12(18(11)25-10)16-13(19)3-2-4-15(16)23/h2-4,7,10,23-24H,5-6,8H2,1H3,(H,21,22)/t10-/m1/s1. The molecule has 2 aromatic carbocycles. The summed E-state index contributed by atoms with van der Waals surface area (Å²) in [5.74, 6) is -1.31. The van der Waals surface area contributed by atoms with E-state index in [1.807, 2.05) is 0 Å². The maximum absolute atomic E-state index is 14.2. The molecule has 0 fully saturated rings. The van der Waals surface area contributed by atoms with Crippen LogP contribution in [0, 0.1) is 5.82 Å². The molecule has 0 radical (unpaired) electrons. The number of hydrogen-bond donors (Lipinski definition) is 3. The van der Waals surface area contributed by atoms with Crippen molar-refractivity contribution in [2.24, 2.45) is 0 Å². The Balaban J connectivity index is 2.09. The van der Waals surface area contributed by atoms with Gasteiger partial charge in [-0.1, -0.05) is 17.7 Å². The number of rotatable bonds is 3. The molecule has 1 heterocycles.